The van der Waals surface area contributed by atoms with Crippen LogP contribution in [0, 0.1) is 0 Å². The standard InChI is InChI=1S/C20H29BrN2O4/c1-20(2,3)27-19(24)23-14-5-7-15(8-6-14)25-16-10-17(11-16)26-18-9-4-13(21)12-22-18/h4,9,12,14-17H,5-8,10-11H2,1-3H3,(H,23,24)/t14-,15-,16-,17-. The highest BCUT2D eigenvalue weighted by Gasteiger charge is 2.35. The third-order valence-corrected chi connectivity index (χ3v) is 5.29. The molecule has 0 saturated heterocycles. The Balaban J connectivity index is 1.30. The zero-order chi connectivity index (χ0) is 19.4. The van der Waals surface area contributed by atoms with E-state index in [1.54, 1.807) is 6.20 Å². The minimum Gasteiger partial charge on any atom is -0.474 e. The lowest BCUT2D eigenvalue weighted by Crippen LogP contribution is -2.45. The zero-order valence-corrected chi connectivity index (χ0v) is 17.8. The van der Waals surface area contributed by atoms with Gasteiger partial charge in [0.2, 0.25) is 5.88 Å². The Morgan fingerprint density at radius 2 is 1.81 bits per heavy atom. The number of ether oxygens (including phenoxy) is 3. The predicted molar refractivity (Wildman–Crippen MR) is 106 cm³/mol. The molecule has 1 aromatic heterocycles. The van der Waals surface area contributed by atoms with Crippen molar-refractivity contribution in [3.05, 3.63) is 22.8 Å². The zero-order valence-electron chi connectivity index (χ0n) is 16.2. The Bertz CT molecular complexity index is 618. The molecule has 2 saturated carbocycles. The molecule has 0 radical (unpaired) electrons. The number of halogens is 1. The first-order chi connectivity index (χ1) is 12.8. The Morgan fingerprint density at radius 1 is 1.11 bits per heavy atom. The second kappa shape index (κ2) is 8.78. The minimum atomic E-state index is -0.459. The van der Waals surface area contributed by atoms with Crippen LogP contribution in [0.3, 0.4) is 0 Å². The second-order valence-electron chi connectivity index (χ2n) is 8.40. The number of pyridine rings is 1. The molecule has 0 aliphatic heterocycles. The van der Waals surface area contributed by atoms with Gasteiger partial charge in [-0.3, -0.25) is 0 Å². The van der Waals surface area contributed by atoms with E-state index in [0.717, 1.165) is 43.0 Å². The van der Waals surface area contributed by atoms with E-state index in [-0.39, 0.29) is 30.4 Å². The molecule has 27 heavy (non-hydrogen) atoms. The van der Waals surface area contributed by atoms with Crippen LogP contribution in [0.25, 0.3) is 0 Å². The minimum absolute atomic E-state index is 0.181. The molecule has 2 fully saturated rings. The third-order valence-electron chi connectivity index (χ3n) is 4.82. The monoisotopic (exact) mass is 440 g/mol. The van der Waals surface area contributed by atoms with Crippen LogP contribution in [-0.4, -0.2) is 41.0 Å². The summed E-state index contributed by atoms with van der Waals surface area (Å²) in [5.74, 6) is 0.662. The van der Waals surface area contributed by atoms with Gasteiger partial charge >= 0.3 is 6.09 Å². The van der Waals surface area contributed by atoms with Gasteiger partial charge in [-0.25, -0.2) is 9.78 Å². The number of hydrogen-bond donors (Lipinski definition) is 1. The van der Waals surface area contributed by atoms with Gasteiger partial charge in [0.25, 0.3) is 0 Å². The maximum atomic E-state index is 11.9. The number of nitrogens with one attached hydrogen (secondary N) is 1. The highest BCUT2D eigenvalue weighted by Crippen LogP contribution is 2.32. The molecule has 0 aromatic carbocycles. The largest absolute Gasteiger partial charge is 0.474 e. The lowest BCUT2D eigenvalue weighted by Gasteiger charge is -2.39. The molecule has 0 unspecified atom stereocenters. The van der Waals surface area contributed by atoms with E-state index in [4.69, 9.17) is 14.2 Å². The molecule has 1 N–H and O–H groups in total. The fraction of sp³-hybridized carbons (Fsp3) is 0.700. The molecule has 1 heterocycles. The predicted octanol–water partition coefficient (Wildman–Crippen LogP) is 4.61. The number of carbonyl (C=O) groups excluding carboxylic acids is 1. The summed E-state index contributed by atoms with van der Waals surface area (Å²) in [6.07, 6.45) is 7.77. The highest BCUT2D eigenvalue weighted by molar-refractivity contribution is 9.10. The summed E-state index contributed by atoms with van der Waals surface area (Å²) in [7, 11) is 0. The van der Waals surface area contributed by atoms with E-state index in [1.165, 1.54) is 0 Å². The summed E-state index contributed by atoms with van der Waals surface area (Å²) < 4.78 is 18.3. The van der Waals surface area contributed by atoms with Crippen molar-refractivity contribution in [2.45, 2.75) is 89.3 Å². The number of aromatic nitrogens is 1. The van der Waals surface area contributed by atoms with Gasteiger partial charge in [0, 0.05) is 35.6 Å². The maximum Gasteiger partial charge on any atom is 0.407 e. The highest BCUT2D eigenvalue weighted by atomic mass is 79.9. The first-order valence-electron chi connectivity index (χ1n) is 9.70. The van der Waals surface area contributed by atoms with Gasteiger partial charge < -0.3 is 19.5 Å². The fourth-order valence-electron chi connectivity index (χ4n) is 3.42. The van der Waals surface area contributed by atoms with Crippen LogP contribution in [-0.2, 0) is 9.47 Å². The SMILES string of the molecule is CC(C)(C)OC(=O)N[C@H]1CC[C@H](O[C@H]2C[C@H](Oc3ccc(Br)cn3)C2)CC1. The van der Waals surface area contributed by atoms with Crippen molar-refractivity contribution in [2.24, 2.45) is 0 Å². The van der Waals surface area contributed by atoms with Crippen LogP contribution in [0.2, 0.25) is 0 Å². The lowest BCUT2D eigenvalue weighted by atomic mass is 9.89. The van der Waals surface area contributed by atoms with Crippen LogP contribution >= 0.6 is 15.9 Å². The van der Waals surface area contributed by atoms with Crippen LogP contribution in [0.1, 0.15) is 59.3 Å². The van der Waals surface area contributed by atoms with E-state index in [1.807, 2.05) is 32.9 Å². The Labute approximate surface area is 169 Å². The normalized spacial score (nSPS) is 28.1. The quantitative estimate of drug-likeness (QED) is 0.723. The number of rotatable bonds is 5. The lowest BCUT2D eigenvalue weighted by molar-refractivity contribution is -0.107. The van der Waals surface area contributed by atoms with Gasteiger partial charge in [0.15, 0.2) is 0 Å². The number of hydrogen-bond acceptors (Lipinski definition) is 5. The number of alkyl carbamates (subject to hydrolysis) is 1. The van der Waals surface area contributed by atoms with Crippen LogP contribution in [0.5, 0.6) is 5.88 Å². The van der Waals surface area contributed by atoms with Gasteiger partial charge in [0.1, 0.15) is 11.7 Å². The number of carbonyl (C=O) groups is 1. The van der Waals surface area contributed by atoms with E-state index in [9.17, 15) is 4.79 Å². The maximum absolute atomic E-state index is 11.9. The molecule has 2 aliphatic carbocycles. The molecular weight excluding hydrogens is 412 g/mol. The molecule has 1 aromatic rings. The summed E-state index contributed by atoms with van der Waals surface area (Å²) in [6.45, 7) is 5.62. The Kier molecular flexibility index (Phi) is 6.63. The average Bonchev–Trinajstić information content (AvgIpc) is 2.54. The molecule has 7 heteroatoms. The van der Waals surface area contributed by atoms with Crippen molar-refractivity contribution in [3.63, 3.8) is 0 Å². The number of nitrogens with zero attached hydrogens (tertiary/aromatic N) is 1. The Hall–Kier alpha value is -1.34. The molecule has 150 valence electrons. The summed E-state index contributed by atoms with van der Waals surface area (Å²) in [5.41, 5.74) is -0.459. The van der Waals surface area contributed by atoms with Crippen LogP contribution in [0.4, 0.5) is 4.79 Å². The third kappa shape index (κ3) is 6.64. The van der Waals surface area contributed by atoms with Crippen molar-refractivity contribution < 1.29 is 19.0 Å². The summed E-state index contributed by atoms with van der Waals surface area (Å²) in [6, 6.07) is 3.98. The summed E-state index contributed by atoms with van der Waals surface area (Å²) in [4.78, 5) is 16.1. The van der Waals surface area contributed by atoms with Gasteiger partial charge in [0.05, 0.1) is 12.2 Å². The fourth-order valence-corrected chi connectivity index (χ4v) is 3.65. The smallest absolute Gasteiger partial charge is 0.407 e. The second-order valence-corrected chi connectivity index (χ2v) is 9.32. The van der Waals surface area contributed by atoms with Crippen molar-refractivity contribution in [2.75, 3.05) is 0 Å². The van der Waals surface area contributed by atoms with Crippen molar-refractivity contribution >= 4 is 22.0 Å². The first kappa shape index (κ1) is 20.4. The van der Waals surface area contributed by atoms with Gasteiger partial charge in [-0.1, -0.05) is 0 Å². The average molecular weight is 441 g/mol. The Morgan fingerprint density at radius 3 is 2.41 bits per heavy atom. The van der Waals surface area contributed by atoms with Gasteiger partial charge in [-0.05, 0) is 68.5 Å². The number of amides is 1. The summed E-state index contributed by atoms with van der Waals surface area (Å²) >= 11 is 3.37. The van der Waals surface area contributed by atoms with Crippen molar-refractivity contribution in [1.82, 2.24) is 10.3 Å². The van der Waals surface area contributed by atoms with Gasteiger partial charge in [-0.15, -0.1) is 0 Å². The topological polar surface area (TPSA) is 69.7 Å². The van der Waals surface area contributed by atoms with Crippen LogP contribution in [0.15, 0.2) is 22.8 Å². The van der Waals surface area contributed by atoms with E-state index < -0.39 is 5.60 Å². The summed E-state index contributed by atoms with van der Waals surface area (Å²) in [5, 5.41) is 2.97. The molecule has 0 bridgehead atoms. The van der Waals surface area contributed by atoms with E-state index >= 15 is 0 Å². The molecule has 6 nitrogen and oxygen atoms in total. The molecule has 0 spiro atoms. The van der Waals surface area contributed by atoms with E-state index in [0.29, 0.717) is 5.88 Å². The van der Waals surface area contributed by atoms with E-state index in [2.05, 4.69) is 26.2 Å². The van der Waals surface area contributed by atoms with Crippen molar-refractivity contribution in [1.29, 1.82) is 0 Å². The van der Waals surface area contributed by atoms with Gasteiger partial charge in [-0.2, -0.15) is 0 Å². The first-order valence-corrected chi connectivity index (χ1v) is 10.5. The molecular formula is C20H29BrN2O4. The van der Waals surface area contributed by atoms with Crippen LogP contribution < -0.4 is 10.1 Å². The molecule has 3 rings (SSSR count). The molecule has 0 atom stereocenters. The van der Waals surface area contributed by atoms with Crippen molar-refractivity contribution in [3.8, 4) is 5.88 Å². The molecule has 1 amide bonds. The molecule has 2 aliphatic rings.